The topological polar surface area (TPSA) is 252 Å². The Morgan fingerprint density at radius 3 is 2.20 bits per heavy atom. The maximum Gasteiger partial charge on any atom is 0.335 e. The minimum atomic E-state index is -1.86. The first-order valence-electron chi connectivity index (χ1n) is 16.6. The maximum absolute atomic E-state index is 14.8. The van der Waals surface area contributed by atoms with E-state index in [-0.39, 0.29) is 19.3 Å². The summed E-state index contributed by atoms with van der Waals surface area (Å²) in [5.74, 6) is -5.71. The molecule has 3 unspecified atom stereocenters. The minimum absolute atomic E-state index is 0.0654. The van der Waals surface area contributed by atoms with Crippen molar-refractivity contribution < 1.29 is 77.9 Å². The molecule has 0 aromatic carbocycles. The second-order valence-corrected chi connectivity index (χ2v) is 15.3. The predicted molar refractivity (Wildman–Crippen MR) is 166 cm³/mol. The van der Waals surface area contributed by atoms with Gasteiger partial charge in [-0.3, -0.25) is 14.4 Å². The molecule has 280 valence electrons. The Balaban J connectivity index is 1.70. The summed E-state index contributed by atoms with van der Waals surface area (Å²) < 4.78 is 34.6. The molecule has 3 heterocycles. The average Bonchev–Trinajstić information content (AvgIpc) is 3.58. The van der Waals surface area contributed by atoms with Gasteiger partial charge in [-0.1, -0.05) is 13.8 Å². The molecule has 2 saturated carbocycles. The summed E-state index contributed by atoms with van der Waals surface area (Å²) in [6.07, 6.45) is -10.5. The number of aliphatic hydroxyl groups excluding tert-OH is 3. The monoisotopic (exact) mass is 712 g/mol. The number of carbonyl (C=O) groups is 4. The third-order valence-electron chi connectivity index (χ3n) is 12.2. The van der Waals surface area contributed by atoms with Gasteiger partial charge in [-0.2, -0.15) is 0 Å². The summed E-state index contributed by atoms with van der Waals surface area (Å²) >= 11 is 0. The van der Waals surface area contributed by atoms with Gasteiger partial charge in [-0.05, 0) is 45.6 Å². The van der Waals surface area contributed by atoms with Gasteiger partial charge in [0.25, 0.3) is 0 Å². The van der Waals surface area contributed by atoms with Gasteiger partial charge < -0.3 is 58.7 Å². The summed E-state index contributed by atoms with van der Waals surface area (Å²) in [7, 11) is 1.22. The number of esters is 1. The Bertz CT molecular complexity index is 1450. The summed E-state index contributed by atoms with van der Waals surface area (Å²) in [5.41, 5.74) is -7.65. The molecule has 2 aliphatic heterocycles. The Morgan fingerprint density at radius 1 is 1.06 bits per heavy atom. The molecule has 0 amide bonds. The fourth-order valence-electron chi connectivity index (χ4n) is 9.98. The van der Waals surface area contributed by atoms with Crippen LogP contribution >= 0.6 is 0 Å². The third-order valence-corrected chi connectivity index (χ3v) is 12.2. The van der Waals surface area contributed by atoms with Gasteiger partial charge in [-0.25, -0.2) is 4.79 Å². The van der Waals surface area contributed by atoms with E-state index in [9.17, 15) is 49.8 Å². The molecule has 4 fully saturated rings. The lowest BCUT2D eigenvalue weighted by Gasteiger charge is -2.66. The standard InChI is InChI=1S/C34H48O16/c1-15(35)47-20(13-21(37)38)32(5)17-8-10-31(4,34(26(50-34)27(42)43)33(17,6)19(36)12-18(32)30(2,3)44)25(16-9-11-46-14-16)48-29-24(41)22(39)23(40)28(45-7)49-29/h9,11,14,17-18,20,22-26,28-29,39-41,44H,8,10,12-13H2,1-7H3,(H,37,38)(H,42,43)/t17-,18+,20-,22+,23+,24-,25?,26?,28+,29-,31+,32-,33+,34?/m1/s1. The van der Waals surface area contributed by atoms with Gasteiger partial charge in [-0.15, -0.1) is 0 Å². The van der Waals surface area contributed by atoms with Crippen LogP contribution in [0.1, 0.15) is 78.9 Å². The number of hydrogen-bond acceptors (Lipinski definition) is 14. The van der Waals surface area contributed by atoms with Gasteiger partial charge in [0.05, 0.1) is 36.1 Å². The number of aliphatic carboxylic acids is 2. The summed E-state index contributed by atoms with van der Waals surface area (Å²) in [6.45, 7) is 9.04. The summed E-state index contributed by atoms with van der Waals surface area (Å²) in [6, 6.07) is 1.55. The second-order valence-electron chi connectivity index (χ2n) is 15.3. The van der Waals surface area contributed by atoms with E-state index in [0.29, 0.717) is 5.56 Å². The molecule has 6 N–H and O–H groups in total. The number of Topliss-reactive ketones (excluding diaryl/α,β-unsaturated/α-hetero) is 1. The van der Waals surface area contributed by atoms with Crippen LogP contribution in [0.4, 0.5) is 0 Å². The number of furan rings is 1. The van der Waals surface area contributed by atoms with Gasteiger partial charge in [0.15, 0.2) is 18.7 Å². The molecule has 0 bridgehead atoms. The van der Waals surface area contributed by atoms with E-state index in [1.165, 1.54) is 33.5 Å². The molecule has 5 rings (SSSR count). The number of ether oxygens (including phenoxy) is 5. The first-order valence-corrected chi connectivity index (χ1v) is 16.6. The van der Waals surface area contributed by atoms with Crippen LogP contribution < -0.4 is 0 Å². The van der Waals surface area contributed by atoms with Crippen molar-refractivity contribution in [2.45, 2.75) is 128 Å². The van der Waals surface area contributed by atoms with E-state index >= 15 is 0 Å². The van der Waals surface area contributed by atoms with E-state index in [1.54, 1.807) is 26.8 Å². The zero-order valence-corrected chi connectivity index (χ0v) is 29.1. The number of rotatable bonds is 11. The highest BCUT2D eigenvalue weighted by Gasteiger charge is 2.86. The smallest absolute Gasteiger partial charge is 0.335 e. The van der Waals surface area contributed by atoms with Crippen molar-refractivity contribution in [3.8, 4) is 0 Å². The highest BCUT2D eigenvalue weighted by Crippen LogP contribution is 2.77. The van der Waals surface area contributed by atoms with E-state index in [2.05, 4.69) is 0 Å². The number of epoxide rings is 1. The lowest BCUT2D eigenvalue weighted by molar-refractivity contribution is -0.363. The number of ketones is 1. The molecule has 4 aliphatic rings. The highest BCUT2D eigenvalue weighted by molar-refractivity contribution is 5.92. The number of hydrogen-bond donors (Lipinski definition) is 6. The van der Waals surface area contributed by atoms with Gasteiger partial charge in [0, 0.05) is 42.8 Å². The molecule has 14 atom stereocenters. The summed E-state index contributed by atoms with van der Waals surface area (Å²) in [4.78, 5) is 52.4. The van der Waals surface area contributed by atoms with Crippen molar-refractivity contribution in [3.05, 3.63) is 24.2 Å². The Morgan fingerprint density at radius 2 is 1.70 bits per heavy atom. The normalized spacial score (nSPS) is 42.7. The molecule has 16 nitrogen and oxygen atoms in total. The molecule has 50 heavy (non-hydrogen) atoms. The molecular weight excluding hydrogens is 664 g/mol. The predicted octanol–water partition coefficient (Wildman–Crippen LogP) is 1.17. The first kappa shape index (κ1) is 38.3. The Labute approximate surface area is 288 Å². The largest absolute Gasteiger partial charge is 0.481 e. The Hall–Kier alpha value is -2.96. The number of carboxylic acids is 2. The van der Waals surface area contributed by atoms with E-state index < -0.39 is 119 Å². The first-order chi connectivity index (χ1) is 23.1. The lowest BCUT2D eigenvalue weighted by Crippen LogP contribution is -2.72. The molecule has 16 heteroatoms. The zero-order valence-electron chi connectivity index (χ0n) is 29.1. The van der Waals surface area contributed by atoms with Gasteiger partial charge in [0.2, 0.25) is 0 Å². The fraction of sp³-hybridized carbons (Fsp3) is 0.765. The van der Waals surface area contributed by atoms with E-state index in [1.807, 2.05) is 0 Å². The van der Waals surface area contributed by atoms with Crippen molar-refractivity contribution in [2.24, 2.45) is 28.1 Å². The highest BCUT2D eigenvalue weighted by atomic mass is 16.8. The lowest BCUT2D eigenvalue weighted by atomic mass is 9.37. The van der Waals surface area contributed by atoms with E-state index in [0.717, 1.165) is 6.92 Å². The Kier molecular flexibility index (Phi) is 9.89. The van der Waals surface area contributed by atoms with E-state index in [4.69, 9.17) is 28.1 Å². The molecule has 1 spiro atoms. The number of fused-ring (bicyclic) bond motifs is 2. The number of carboxylic acid groups (broad SMARTS) is 2. The summed E-state index contributed by atoms with van der Waals surface area (Å²) in [5, 5.41) is 63.9. The molecule has 1 aromatic rings. The van der Waals surface area contributed by atoms with Crippen LogP contribution in [0.2, 0.25) is 0 Å². The van der Waals surface area contributed by atoms with Crippen LogP contribution in [0.3, 0.4) is 0 Å². The molecular formula is C34H48O16. The van der Waals surface area contributed by atoms with Crippen molar-refractivity contribution in [1.82, 2.24) is 0 Å². The second kappa shape index (κ2) is 12.9. The molecule has 1 aromatic heterocycles. The quantitative estimate of drug-likeness (QED) is 0.139. The SMILES string of the molecule is CO[C@H]1O[C@@H](OC(c2ccoc2)[C@]2(C)CC[C@@H]3[C@@](C)([C@@H](CC(=O)O)OC(C)=O)[C@H](C(C)(C)O)CC(=O)[C@@]3(C)C23OC3C(=O)O)[C@H](O)[C@@H](O)[C@@H]1O. The van der Waals surface area contributed by atoms with Crippen LogP contribution in [-0.2, 0) is 42.9 Å². The van der Waals surface area contributed by atoms with Crippen LogP contribution in [0.25, 0.3) is 0 Å². The number of carbonyl (C=O) groups excluding carboxylic acids is 2. The van der Waals surface area contributed by atoms with Gasteiger partial charge >= 0.3 is 17.9 Å². The van der Waals surface area contributed by atoms with Crippen LogP contribution in [-0.4, -0.2) is 116 Å². The number of methoxy groups -OCH3 is 1. The van der Waals surface area contributed by atoms with Gasteiger partial charge in [0.1, 0.15) is 35.8 Å². The van der Waals surface area contributed by atoms with Crippen LogP contribution in [0.5, 0.6) is 0 Å². The maximum atomic E-state index is 14.8. The third kappa shape index (κ3) is 5.59. The van der Waals surface area contributed by atoms with Crippen molar-refractivity contribution in [1.29, 1.82) is 0 Å². The van der Waals surface area contributed by atoms with Crippen LogP contribution in [0, 0.1) is 28.1 Å². The molecule has 2 saturated heterocycles. The molecule has 0 radical (unpaired) electrons. The molecule has 2 aliphatic carbocycles. The average molecular weight is 713 g/mol. The fourth-order valence-corrected chi connectivity index (χ4v) is 9.98. The van der Waals surface area contributed by atoms with Crippen LogP contribution in [0.15, 0.2) is 23.0 Å². The van der Waals surface area contributed by atoms with Crippen molar-refractivity contribution in [3.63, 3.8) is 0 Å². The van der Waals surface area contributed by atoms with Crippen molar-refractivity contribution in [2.75, 3.05) is 7.11 Å². The zero-order chi connectivity index (χ0) is 37.4. The number of aliphatic hydroxyl groups is 4. The van der Waals surface area contributed by atoms with Crippen molar-refractivity contribution >= 4 is 23.7 Å². The minimum Gasteiger partial charge on any atom is -0.481 e.